The van der Waals surface area contributed by atoms with Gasteiger partial charge in [-0.3, -0.25) is 4.98 Å². The largest absolute Gasteiger partial charge is 0.460 e. The lowest BCUT2D eigenvalue weighted by Gasteiger charge is -1.81. The van der Waals surface area contributed by atoms with Gasteiger partial charge in [0, 0.05) is 12.3 Å². The third-order valence-electron chi connectivity index (χ3n) is 1.41. The molecule has 0 fully saturated rings. The minimum Gasteiger partial charge on any atom is -0.460 e. The van der Waals surface area contributed by atoms with Crippen molar-refractivity contribution in [1.29, 1.82) is 0 Å². The van der Waals surface area contributed by atoms with Crippen LogP contribution in [0, 0.1) is 6.92 Å². The lowest BCUT2D eigenvalue weighted by Crippen LogP contribution is -1.66. The summed E-state index contributed by atoms with van der Waals surface area (Å²) in [6, 6.07) is 5.70. The summed E-state index contributed by atoms with van der Waals surface area (Å²) in [5, 5.41) is 0. The minimum absolute atomic E-state index is 0. The summed E-state index contributed by atoms with van der Waals surface area (Å²) in [5.41, 5.74) is 1.79. The second-order valence-electron chi connectivity index (χ2n) is 2.24. The number of aryl methyl sites for hydroxylation is 1. The maximum Gasteiger partial charge on any atom is 0.152 e. The van der Waals surface area contributed by atoms with Crippen molar-refractivity contribution in [3.8, 4) is 0 Å². The van der Waals surface area contributed by atoms with Gasteiger partial charge in [-0.1, -0.05) is 7.43 Å². The maximum absolute atomic E-state index is 5.31. The van der Waals surface area contributed by atoms with Crippen molar-refractivity contribution in [2.24, 2.45) is 0 Å². The zero-order valence-corrected chi connectivity index (χ0v) is 5.66. The van der Waals surface area contributed by atoms with E-state index in [0.29, 0.717) is 0 Å². The molecule has 0 atom stereocenters. The van der Waals surface area contributed by atoms with Gasteiger partial charge in [-0.05, 0) is 19.1 Å². The predicted octanol–water partition coefficient (Wildman–Crippen LogP) is 2.77. The van der Waals surface area contributed by atoms with Crippen molar-refractivity contribution >= 4 is 11.1 Å². The van der Waals surface area contributed by atoms with Gasteiger partial charge in [0.25, 0.3) is 0 Å². The standard InChI is InChI=1S/C8H7NO.CH4/c1-6-5-7-8(10-6)3-2-4-9-7;/h2-5H,1H3;1H4. The maximum atomic E-state index is 5.31. The number of nitrogens with zero attached hydrogens (tertiary/aromatic N) is 1. The fraction of sp³-hybridized carbons (Fsp3) is 0.222. The van der Waals surface area contributed by atoms with Gasteiger partial charge in [-0.25, -0.2) is 0 Å². The van der Waals surface area contributed by atoms with E-state index in [0.717, 1.165) is 16.9 Å². The quantitative estimate of drug-likeness (QED) is 0.575. The summed E-state index contributed by atoms with van der Waals surface area (Å²) < 4.78 is 5.31. The van der Waals surface area contributed by atoms with Crippen LogP contribution in [0.5, 0.6) is 0 Å². The zero-order chi connectivity index (χ0) is 6.97. The van der Waals surface area contributed by atoms with E-state index in [1.165, 1.54) is 0 Å². The van der Waals surface area contributed by atoms with Crippen LogP contribution in [0.4, 0.5) is 0 Å². The molecule has 0 saturated carbocycles. The molecule has 0 aliphatic carbocycles. The minimum atomic E-state index is 0. The van der Waals surface area contributed by atoms with Gasteiger partial charge in [0.1, 0.15) is 11.3 Å². The van der Waals surface area contributed by atoms with Gasteiger partial charge in [0.15, 0.2) is 5.58 Å². The Morgan fingerprint density at radius 2 is 2.27 bits per heavy atom. The summed E-state index contributed by atoms with van der Waals surface area (Å²) in [4.78, 5) is 4.11. The van der Waals surface area contributed by atoms with Crippen LogP contribution < -0.4 is 0 Å². The highest BCUT2D eigenvalue weighted by Crippen LogP contribution is 2.14. The first-order chi connectivity index (χ1) is 4.86. The molecular weight excluding hydrogens is 138 g/mol. The van der Waals surface area contributed by atoms with E-state index in [-0.39, 0.29) is 7.43 Å². The molecule has 2 heterocycles. The van der Waals surface area contributed by atoms with Gasteiger partial charge in [-0.15, -0.1) is 0 Å². The van der Waals surface area contributed by atoms with E-state index >= 15 is 0 Å². The van der Waals surface area contributed by atoms with E-state index in [4.69, 9.17) is 4.42 Å². The number of hydrogen-bond donors (Lipinski definition) is 0. The van der Waals surface area contributed by atoms with Crippen LogP contribution in [-0.2, 0) is 0 Å². The first-order valence-electron chi connectivity index (χ1n) is 3.17. The first-order valence-corrected chi connectivity index (χ1v) is 3.17. The molecule has 11 heavy (non-hydrogen) atoms. The Labute approximate surface area is 65.9 Å². The molecule has 0 amide bonds. The molecular formula is C9H11NO. The SMILES string of the molecule is C.Cc1cc2ncccc2o1. The van der Waals surface area contributed by atoms with Crippen LogP contribution in [0.1, 0.15) is 13.2 Å². The number of aromatic nitrogens is 1. The van der Waals surface area contributed by atoms with Crippen LogP contribution >= 0.6 is 0 Å². The average molecular weight is 149 g/mol. The molecule has 0 radical (unpaired) electrons. The number of rotatable bonds is 0. The van der Waals surface area contributed by atoms with Gasteiger partial charge in [0.2, 0.25) is 0 Å². The third-order valence-corrected chi connectivity index (χ3v) is 1.41. The summed E-state index contributed by atoms with van der Waals surface area (Å²) in [6.07, 6.45) is 1.76. The molecule has 2 rings (SSSR count). The number of furan rings is 1. The van der Waals surface area contributed by atoms with Crippen LogP contribution in [0.25, 0.3) is 11.1 Å². The molecule has 0 saturated heterocycles. The van der Waals surface area contributed by atoms with Gasteiger partial charge in [-0.2, -0.15) is 0 Å². The molecule has 0 aromatic carbocycles. The molecule has 0 spiro atoms. The van der Waals surface area contributed by atoms with Gasteiger partial charge in [0.05, 0.1) is 0 Å². The van der Waals surface area contributed by atoms with Crippen LogP contribution in [0.15, 0.2) is 28.8 Å². The number of pyridine rings is 1. The lowest BCUT2D eigenvalue weighted by atomic mass is 10.4. The van der Waals surface area contributed by atoms with Crippen molar-refractivity contribution in [2.75, 3.05) is 0 Å². The molecule has 2 nitrogen and oxygen atoms in total. The fourth-order valence-corrected chi connectivity index (χ4v) is 0.993. The van der Waals surface area contributed by atoms with E-state index in [2.05, 4.69) is 4.98 Å². The number of hydrogen-bond acceptors (Lipinski definition) is 2. The Morgan fingerprint density at radius 3 is 3.00 bits per heavy atom. The van der Waals surface area contributed by atoms with Crippen molar-refractivity contribution < 1.29 is 4.42 Å². The van der Waals surface area contributed by atoms with E-state index < -0.39 is 0 Å². The van der Waals surface area contributed by atoms with Crippen molar-refractivity contribution in [1.82, 2.24) is 4.98 Å². The normalized spacial score (nSPS) is 9.55. The van der Waals surface area contributed by atoms with Crippen molar-refractivity contribution in [2.45, 2.75) is 14.4 Å². The topological polar surface area (TPSA) is 26.0 Å². The first kappa shape index (κ1) is 7.79. The van der Waals surface area contributed by atoms with Crippen molar-refractivity contribution in [3.63, 3.8) is 0 Å². The summed E-state index contributed by atoms with van der Waals surface area (Å²) in [6.45, 7) is 1.92. The average Bonchev–Trinajstić information content (AvgIpc) is 2.27. The molecule has 0 unspecified atom stereocenters. The summed E-state index contributed by atoms with van der Waals surface area (Å²) in [5.74, 6) is 0.911. The third kappa shape index (κ3) is 1.24. The van der Waals surface area contributed by atoms with E-state index in [1.807, 2.05) is 25.1 Å². The molecule has 2 heteroatoms. The smallest absolute Gasteiger partial charge is 0.152 e. The van der Waals surface area contributed by atoms with E-state index in [1.54, 1.807) is 6.20 Å². The Bertz CT molecular complexity index is 318. The molecule has 0 N–H and O–H groups in total. The summed E-state index contributed by atoms with van der Waals surface area (Å²) >= 11 is 0. The molecule has 2 aromatic rings. The Hall–Kier alpha value is -1.31. The predicted molar refractivity (Wildman–Crippen MR) is 45.5 cm³/mol. The van der Waals surface area contributed by atoms with E-state index in [9.17, 15) is 0 Å². The monoisotopic (exact) mass is 149 g/mol. The summed E-state index contributed by atoms with van der Waals surface area (Å²) in [7, 11) is 0. The highest BCUT2D eigenvalue weighted by molar-refractivity contribution is 5.72. The van der Waals surface area contributed by atoms with Crippen LogP contribution in [0.2, 0.25) is 0 Å². The van der Waals surface area contributed by atoms with Crippen LogP contribution in [0.3, 0.4) is 0 Å². The Balaban J connectivity index is 0.000000605. The second-order valence-corrected chi connectivity index (χ2v) is 2.24. The van der Waals surface area contributed by atoms with Gasteiger partial charge < -0.3 is 4.42 Å². The molecule has 0 aliphatic rings. The Kier molecular flexibility index (Phi) is 1.94. The molecule has 2 aromatic heterocycles. The Morgan fingerprint density at radius 1 is 1.45 bits per heavy atom. The number of fused-ring (bicyclic) bond motifs is 1. The molecule has 0 bridgehead atoms. The zero-order valence-electron chi connectivity index (χ0n) is 5.66. The second kappa shape index (κ2) is 2.74. The van der Waals surface area contributed by atoms with Crippen LogP contribution in [-0.4, -0.2) is 4.98 Å². The highest BCUT2D eigenvalue weighted by Gasteiger charge is 1.96. The molecule has 0 aliphatic heterocycles. The fourth-order valence-electron chi connectivity index (χ4n) is 0.993. The lowest BCUT2D eigenvalue weighted by molar-refractivity contribution is 0.578. The van der Waals surface area contributed by atoms with Crippen molar-refractivity contribution in [3.05, 3.63) is 30.2 Å². The van der Waals surface area contributed by atoms with Gasteiger partial charge >= 0.3 is 0 Å². The highest BCUT2D eigenvalue weighted by atomic mass is 16.3. The molecule has 58 valence electrons.